The number of likely N-dealkylation sites (N-methyl/N-ethyl adjacent to an activating group) is 1. The molecule has 6 nitrogen and oxygen atoms in total. The van der Waals surface area contributed by atoms with Crippen LogP contribution in [0.5, 0.6) is 0 Å². The number of pyridine rings is 1. The van der Waals surface area contributed by atoms with Crippen LogP contribution in [0.3, 0.4) is 0 Å². The first kappa shape index (κ1) is 13.9. The molecule has 0 aromatic carbocycles. The van der Waals surface area contributed by atoms with Crippen molar-refractivity contribution in [3.8, 4) is 6.07 Å². The van der Waals surface area contributed by atoms with Gasteiger partial charge in [-0.1, -0.05) is 0 Å². The summed E-state index contributed by atoms with van der Waals surface area (Å²) in [5.74, 6) is -0.899. The molecule has 0 saturated heterocycles. The average molecular weight is 248 g/mol. The van der Waals surface area contributed by atoms with Gasteiger partial charge in [-0.25, -0.2) is 4.98 Å². The van der Waals surface area contributed by atoms with E-state index < -0.39 is 5.97 Å². The van der Waals surface area contributed by atoms with Crippen molar-refractivity contribution in [1.29, 1.82) is 5.26 Å². The van der Waals surface area contributed by atoms with Crippen LogP contribution in [0.4, 0.5) is 5.69 Å². The topological polar surface area (TPSA) is 80.5 Å². The van der Waals surface area contributed by atoms with Crippen molar-refractivity contribution in [3.63, 3.8) is 0 Å². The number of hydrogen-bond acceptors (Lipinski definition) is 5. The molecular weight excluding hydrogens is 232 g/mol. The van der Waals surface area contributed by atoms with E-state index >= 15 is 0 Å². The van der Waals surface area contributed by atoms with E-state index in [9.17, 15) is 4.79 Å². The largest absolute Gasteiger partial charge is 0.480 e. The van der Waals surface area contributed by atoms with Crippen LogP contribution in [0, 0.1) is 11.3 Å². The SMILES string of the molecule is CN(C)CCN(CC(=O)O)c1ccnc(C#N)c1. The second-order valence-corrected chi connectivity index (χ2v) is 4.13. The quantitative estimate of drug-likeness (QED) is 0.785. The minimum atomic E-state index is -0.899. The van der Waals surface area contributed by atoms with Gasteiger partial charge in [-0.05, 0) is 26.2 Å². The van der Waals surface area contributed by atoms with Crippen LogP contribution >= 0.6 is 0 Å². The molecule has 18 heavy (non-hydrogen) atoms. The summed E-state index contributed by atoms with van der Waals surface area (Å²) in [6.45, 7) is 1.22. The maximum atomic E-state index is 10.8. The molecule has 0 atom stereocenters. The van der Waals surface area contributed by atoms with Crippen LogP contribution in [-0.4, -0.2) is 54.7 Å². The maximum Gasteiger partial charge on any atom is 0.323 e. The van der Waals surface area contributed by atoms with Gasteiger partial charge in [0, 0.05) is 25.0 Å². The third-order valence-corrected chi connectivity index (χ3v) is 2.37. The molecule has 1 heterocycles. The summed E-state index contributed by atoms with van der Waals surface area (Å²) in [7, 11) is 3.85. The van der Waals surface area contributed by atoms with Crippen molar-refractivity contribution in [2.75, 3.05) is 38.6 Å². The zero-order valence-corrected chi connectivity index (χ0v) is 10.5. The van der Waals surface area contributed by atoms with Gasteiger partial charge in [0.2, 0.25) is 0 Å². The first-order valence-electron chi connectivity index (χ1n) is 5.50. The minimum Gasteiger partial charge on any atom is -0.480 e. The molecule has 6 heteroatoms. The molecule has 1 aromatic rings. The fourth-order valence-corrected chi connectivity index (χ4v) is 1.46. The third-order valence-electron chi connectivity index (χ3n) is 2.37. The Balaban J connectivity index is 2.86. The Bertz CT molecular complexity index is 454. The van der Waals surface area contributed by atoms with Gasteiger partial charge in [0.15, 0.2) is 0 Å². The number of aliphatic carboxylic acids is 1. The smallest absolute Gasteiger partial charge is 0.323 e. The lowest BCUT2D eigenvalue weighted by atomic mass is 10.3. The fourth-order valence-electron chi connectivity index (χ4n) is 1.46. The van der Waals surface area contributed by atoms with Crippen molar-refractivity contribution in [2.24, 2.45) is 0 Å². The van der Waals surface area contributed by atoms with E-state index in [4.69, 9.17) is 10.4 Å². The Kier molecular flexibility index (Phi) is 5.08. The van der Waals surface area contributed by atoms with Gasteiger partial charge in [-0.15, -0.1) is 0 Å². The summed E-state index contributed by atoms with van der Waals surface area (Å²) in [6.07, 6.45) is 1.51. The molecule has 0 saturated carbocycles. The second-order valence-electron chi connectivity index (χ2n) is 4.13. The van der Waals surface area contributed by atoms with Crippen molar-refractivity contribution < 1.29 is 9.90 Å². The lowest BCUT2D eigenvalue weighted by Gasteiger charge is -2.24. The monoisotopic (exact) mass is 248 g/mol. The van der Waals surface area contributed by atoms with Crippen LogP contribution in [0.15, 0.2) is 18.3 Å². The van der Waals surface area contributed by atoms with Gasteiger partial charge >= 0.3 is 5.97 Å². The molecule has 0 spiro atoms. The zero-order valence-electron chi connectivity index (χ0n) is 10.5. The van der Waals surface area contributed by atoms with E-state index in [1.807, 2.05) is 25.1 Å². The Morgan fingerprint density at radius 1 is 1.50 bits per heavy atom. The first-order valence-corrected chi connectivity index (χ1v) is 5.50. The predicted molar refractivity (Wildman–Crippen MR) is 67.4 cm³/mol. The standard InChI is InChI=1S/C12H16N4O2/c1-15(2)5-6-16(9-12(17)18)11-3-4-14-10(7-11)8-13/h3-4,7H,5-6,9H2,1-2H3,(H,17,18). The molecule has 0 aliphatic rings. The lowest BCUT2D eigenvalue weighted by Crippen LogP contribution is -2.35. The summed E-state index contributed by atoms with van der Waals surface area (Å²) in [5, 5.41) is 17.7. The molecule has 0 bridgehead atoms. The number of aromatic nitrogens is 1. The van der Waals surface area contributed by atoms with E-state index in [0.29, 0.717) is 12.2 Å². The van der Waals surface area contributed by atoms with Crippen LogP contribution in [0.1, 0.15) is 5.69 Å². The normalized spacial score (nSPS) is 10.1. The average Bonchev–Trinajstić information content (AvgIpc) is 2.34. The molecule has 0 aliphatic carbocycles. The number of carboxylic acid groups (broad SMARTS) is 1. The Labute approximate surface area is 106 Å². The summed E-state index contributed by atoms with van der Waals surface area (Å²) >= 11 is 0. The third kappa shape index (κ3) is 4.39. The number of rotatable bonds is 6. The zero-order chi connectivity index (χ0) is 13.5. The van der Waals surface area contributed by atoms with E-state index in [1.165, 1.54) is 6.20 Å². The highest BCUT2D eigenvalue weighted by Gasteiger charge is 2.11. The molecule has 96 valence electrons. The van der Waals surface area contributed by atoms with Crippen LogP contribution in [0.25, 0.3) is 0 Å². The molecule has 0 unspecified atom stereocenters. The molecule has 1 aromatic heterocycles. The first-order chi connectivity index (χ1) is 8.52. The van der Waals surface area contributed by atoms with Gasteiger partial charge in [-0.3, -0.25) is 4.79 Å². The van der Waals surface area contributed by atoms with Crippen molar-refractivity contribution in [3.05, 3.63) is 24.0 Å². The highest BCUT2D eigenvalue weighted by Crippen LogP contribution is 2.13. The van der Waals surface area contributed by atoms with Gasteiger partial charge in [-0.2, -0.15) is 5.26 Å². The maximum absolute atomic E-state index is 10.8. The predicted octanol–water partition coefficient (Wildman–Crippen LogP) is 0.406. The van der Waals surface area contributed by atoms with Gasteiger partial charge in [0.25, 0.3) is 0 Å². The number of nitrogens with zero attached hydrogens (tertiary/aromatic N) is 4. The second kappa shape index (κ2) is 6.57. The van der Waals surface area contributed by atoms with E-state index in [-0.39, 0.29) is 12.2 Å². The molecule has 1 N–H and O–H groups in total. The van der Waals surface area contributed by atoms with Crippen LogP contribution < -0.4 is 4.90 Å². The number of nitriles is 1. The lowest BCUT2D eigenvalue weighted by molar-refractivity contribution is -0.135. The highest BCUT2D eigenvalue weighted by atomic mass is 16.4. The fraction of sp³-hybridized carbons (Fsp3) is 0.417. The van der Waals surface area contributed by atoms with Gasteiger partial charge < -0.3 is 14.9 Å². The van der Waals surface area contributed by atoms with Gasteiger partial charge in [0.05, 0.1) is 0 Å². The Morgan fingerprint density at radius 3 is 2.78 bits per heavy atom. The molecule has 0 radical (unpaired) electrons. The summed E-state index contributed by atoms with van der Waals surface area (Å²) in [6, 6.07) is 5.25. The summed E-state index contributed by atoms with van der Waals surface area (Å²) < 4.78 is 0. The molecule has 0 fully saturated rings. The van der Waals surface area contributed by atoms with Gasteiger partial charge in [0.1, 0.15) is 18.3 Å². The van der Waals surface area contributed by atoms with Crippen molar-refractivity contribution >= 4 is 11.7 Å². The van der Waals surface area contributed by atoms with E-state index in [1.54, 1.807) is 17.0 Å². The van der Waals surface area contributed by atoms with Crippen LogP contribution in [0.2, 0.25) is 0 Å². The summed E-state index contributed by atoms with van der Waals surface area (Å²) in [4.78, 5) is 18.4. The minimum absolute atomic E-state index is 0.0945. The molecule has 0 amide bonds. The number of hydrogen-bond donors (Lipinski definition) is 1. The Hall–Kier alpha value is -2.13. The number of carbonyl (C=O) groups is 1. The highest BCUT2D eigenvalue weighted by molar-refractivity contribution is 5.73. The number of anilines is 1. The van der Waals surface area contributed by atoms with E-state index in [2.05, 4.69) is 4.98 Å². The van der Waals surface area contributed by atoms with E-state index in [0.717, 1.165) is 6.54 Å². The van der Waals surface area contributed by atoms with Crippen LogP contribution in [-0.2, 0) is 4.79 Å². The molecule has 0 aliphatic heterocycles. The Morgan fingerprint density at radius 2 is 2.22 bits per heavy atom. The van der Waals surface area contributed by atoms with Crippen molar-refractivity contribution in [2.45, 2.75) is 0 Å². The van der Waals surface area contributed by atoms with Crippen molar-refractivity contribution in [1.82, 2.24) is 9.88 Å². The number of carboxylic acids is 1. The molecule has 1 rings (SSSR count). The summed E-state index contributed by atoms with van der Waals surface area (Å²) in [5.41, 5.74) is 0.985. The molecular formula is C12H16N4O2.